The molecule has 0 aliphatic carbocycles. The van der Waals surface area contributed by atoms with Crippen LogP contribution >= 0.6 is 0 Å². The van der Waals surface area contributed by atoms with E-state index in [4.69, 9.17) is 23.7 Å². The minimum absolute atomic E-state index is 0.0388. The van der Waals surface area contributed by atoms with Gasteiger partial charge in [-0.2, -0.15) is 0 Å². The van der Waals surface area contributed by atoms with E-state index in [-0.39, 0.29) is 50.1 Å². The van der Waals surface area contributed by atoms with Gasteiger partial charge in [0.15, 0.2) is 0 Å². The monoisotopic (exact) mass is 956 g/mol. The van der Waals surface area contributed by atoms with Crippen molar-refractivity contribution in [2.75, 3.05) is 6.54 Å². The number of esters is 4. The van der Waals surface area contributed by atoms with Crippen molar-refractivity contribution in [2.24, 2.45) is 0 Å². The molecule has 0 spiro atoms. The van der Waals surface area contributed by atoms with Crippen LogP contribution in [0.3, 0.4) is 0 Å². The third kappa shape index (κ3) is 17.8. The standard InChI is InChI=1S/C58H56N2O11/c1-2-3-16-35-59-54(62)51(37-44-29-32-49(33-30-44)71-53(57(65)69-40-47-21-12-6-13-22-47)58(66)70-41-48-23-14-7-15-24-48)60-52(61)34-31-42-25-27-43(28-26-42)36-50(55(63)67-38-45-17-8-4-9-18-45)56(64)68-39-46-19-10-5-11-20-46/h4-15,17-34,36,51,53H,2-3,16,35,37-41H2,1H3,(H,59,62)(H,60,61)/b34-31+/t51-/m0/s1. The Morgan fingerprint density at radius 1 is 0.507 bits per heavy atom. The zero-order chi connectivity index (χ0) is 50.0. The van der Waals surface area contributed by atoms with E-state index in [1.54, 1.807) is 127 Å². The number of amides is 2. The Bertz CT molecular complexity index is 2600. The summed E-state index contributed by atoms with van der Waals surface area (Å²) in [6, 6.07) is 48.5. The number of hydrogen-bond donors (Lipinski definition) is 2. The molecule has 0 heterocycles. The van der Waals surface area contributed by atoms with Crippen molar-refractivity contribution < 1.29 is 52.5 Å². The van der Waals surface area contributed by atoms with Gasteiger partial charge < -0.3 is 34.3 Å². The maximum absolute atomic E-state index is 13.5. The molecule has 0 aliphatic rings. The number of unbranched alkanes of at least 4 members (excludes halogenated alkanes) is 2. The Labute approximate surface area is 413 Å². The number of nitrogens with one attached hydrogen (secondary N) is 2. The summed E-state index contributed by atoms with van der Waals surface area (Å²) in [5.41, 5.74) is 4.45. The third-order valence-electron chi connectivity index (χ3n) is 10.7. The van der Waals surface area contributed by atoms with Crippen molar-refractivity contribution in [3.05, 3.63) is 220 Å². The summed E-state index contributed by atoms with van der Waals surface area (Å²) in [7, 11) is 0. The molecule has 6 rings (SSSR count). The fraction of sp³-hybridized carbons (Fsp3) is 0.207. The minimum Gasteiger partial charge on any atom is -0.467 e. The van der Waals surface area contributed by atoms with E-state index < -0.39 is 41.9 Å². The van der Waals surface area contributed by atoms with Gasteiger partial charge in [-0.3, -0.25) is 9.59 Å². The number of carbonyl (C=O) groups excluding carboxylic acids is 6. The zero-order valence-corrected chi connectivity index (χ0v) is 39.4. The Hall–Kier alpha value is -8.58. The van der Waals surface area contributed by atoms with Gasteiger partial charge in [0.1, 0.15) is 43.8 Å². The molecule has 0 fully saturated rings. The van der Waals surface area contributed by atoms with Crippen LogP contribution < -0.4 is 15.4 Å². The van der Waals surface area contributed by atoms with Crippen molar-refractivity contribution in [3.8, 4) is 5.75 Å². The topological polar surface area (TPSA) is 173 Å². The lowest BCUT2D eigenvalue weighted by Crippen LogP contribution is -2.47. The van der Waals surface area contributed by atoms with Crippen LogP contribution in [0.15, 0.2) is 182 Å². The molecule has 364 valence electrons. The molecule has 2 amide bonds. The summed E-state index contributed by atoms with van der Waals surface area (Å²) in [4.78, 5) is 80.0. The maximum Gasteiger partial charge on any atom is 0.359 e. The molecule has 0 saturated heterocycles. The molecule has 0 radical (unpaired) electrons. The molecule has 0 saturated carbocycles. The molecular weight excluding hydrogens is 901 g/mol. The van der Waals surface area contributed by atoms with Gasteiger partial charge in [-0.05, 0) is 69.6 Å². The first kappa shape index (κ1) is 51.8. The SMILES string of the molecule is CCCCCNC(=O)[C@H](Cc1ccc(OC(C(=O)OCc2ccccc2)C(=O)OCc2ccccc2)cc1)NC(=O)/C=C/c1ccc(C=C(C(=O)OCc2ccccc2)C(=O)OCc2ccccc2)cc1. The van der Waals surface area contributed by atoms with Crippen LogP contribution in [-0.4, -0.2) is 54.4 Å². The molecule has 0 bridgehead atoms. The van der Waals surface area contributed by atoms with Gasteiger partial charge in [0.2, 0.25) is 11.8 Å². The van der Waals surface area contributed by atoms with E-state index in [2.05, 4.69) is 17.6 Å². The highest BCUT2D eigenvalue weighted by Crippen LogP contribution is 2.19. The summed E-state index contributed by atoms with van der Waals surface area (Å²) in [5, 5.41) is 5.73. The van der Waals surface area contributed by atoms with E-state index in [1.165, 1.54) is 12.2 Å². The number of benzene rings is 6. The van der Waals surface area contributed by atoms with Crippen LogP contribution in [0.2, 0.25) is 0 Å². The predicted molar refractivity (Wildman–Crippen MR) is 267 cm³/mol. The zero-order valence-electron chi connectivity index (χ0n) is 39.4. The molecule has 6 aromatic carbocycles. The molecule has 71 heavy (non-hydrogen) atoms. The summed E-state index contributed by atoms with van der Waals surface area (Å²) < 4.78 is 27.8. The normalized spacial score (nSPS) is 11.2. The summed E-state index contributed by atoms with van der Waals surface area (Å²) in [6.07, 6.45) is 5.31. The van der Waals surface area contributed by atoms with Crippen molar-refractivity contribution in [3.63, 3.8) is 0 Å². The van der Waals surface area contributed by atoms with E-state index in [9.17, 15) is 28.8 Å². The largest absolute Gasteiger partial charge is 0.467 e. The van der Waals surface area contributed by atoms with Crippen molar-refractivity contribution >= 4 is 47.8 Å². The van der Waals surface area contributed by atoms with Gasteiger partial charge in [0.05, 0.1) is 0 Å². The molecule has 13 heteroatoms. The summed E-state index contributed by atoms with van der Waals surface area (Å²) in [6.45, 7) is 2.25. The van der Waals surface area contributed by atoms with Crippen LogP contribution in [0.25, 0.3) is 12.2 Å². The predicted octanol–water partition coefficient (Wildman–Crippen LogP) is 8.84. The van der Waals surface area contributed by atoms with Crippen molar-refractivity contribution in [1.82, 2.24) is 10.6 Å². The average Bonchev–Trinajstić information content (AvgIpc) is 3.41. The van der Waals surface area contributed by atoms with Crippen molar-refractivity contribution in [2.45, 2.75) is 71.2 Å². The lowest BCUT2D eigenvalue weighted by molar-refractivity contribution is -0.168. The van der Waals surface area contributed by atoms with Gasteiger partial charge in [0.25, 0.3) is 6.10 Å². The van der Waals surface area contributed by atoms with E-state index in [0.717, 1.165) is 41.5 Å². The smallest absolute Gasteiger partial charge is 0.359 e. The first-order valence-corrected chi connectivity index (χ1v) is 23.3. The highest BCUT2D eigenvalue weighted by atomic mass is 16.6. The van der Waals surface area contributed by atoms with Crippen LogP contribution in [0, 0.1) is 0 Å². The fourth-order valence-electron chi connectivity index (χ4n) is 6.86. The van der Waals surface area contributed by atoms with Gasteiger partial charge in [-0.25, -0.2) is 19.2 Å². The first-order valence-electron chi connectivity index (χ1n) is 23.3. The van der Waals surface area contributed by atoms with E-state index >= 15 is 0 Å². The Balaban J connectivity index is 1.11. The van der Waals surface area contributed by atoms with Crippen LogP contribution in [0.1, 0.15) is 65.1 Å². The molecule has 0 unspecified atom stereocenters. The second-order valence-corrected chi connectivity index (χ2v) is 16.3. The number of rotatable bonds is 25. The Morgan fingerprint density at radius 3 is 1.42 bits per heavy atom. The second kappa shape index (κ2) is 28.0. The molecule has 1 atom stereocenters. The Morgan fingerprint density at radius 2 is 0.958 bits per heavy atom. The first-order chi connectivity index (χ1) is 34.6. The van der Waals surface area contributed by atoms with Gasteiger partial charge >= 0.3 is 23.9 Å². The molecule has 13 nitrogen and oxygen atoms in total. The number of ether oxygens (including phenoxy) is 5. The molecule has 2 N–H and O–H groups in total. The van der Waals surface area contributed by atoms with E-state index in [1.807, 2.05) is 48.5 Å². The Kier molecular flexibility index (Phi) is 20.5. The second-order valence-electron chi connectivity index (χ2n) is 16.3. The van der Waals surface area contributed by atoms with Crippen LogP contribution in [0.5, 0.6) is 5.75 Å². The van der Waals surface area contributed by atoms with Gasteiger partial charge in [0, 0.05) is 19.0 Å². The fourth-order valence-corrected chi connectivity index (χ4v) is 6.86. The highest BCUT2D eigenvalue weighted by molar-refractivity contribution is 6.17. The quantitative estimate of drug-likeness (QED) is 0.0140. The van der Waals surface area contributed by atoms with E-state index in [0.29, 0.717) is 23.2 Å². The van der Waals surface area contributed by atoms with Crippen LogP contribution in [-0.2, 0) is 80.6 Å². The minimum atomic E-state index is -1.73. The van der Waals surface area contributed by atoms with Gasteiger partial charge in [-0.1, -0.05) is 177 Å². The number of hydrogen-bond acceptors (Lipinski definition) is 11. The maximum atomic E-state index is 13.5. The lowest BCUT2D eigenvalue weighted by Gasteiger charge is -2.19. The van der Waals surface area contributed by atoms with Crippen LogP contribution in [0.4, 0.5) is 0 Å². The summed E-state index contributed by atoms with van der Waals surface area (Å²) >= 11 is 0. The number of carbonyl (C=O) groups is 6. The third-order valence-corrected chi connectivity index (χ3v) is 10.7. The molecule has 6 aromatic rings. The molecule has 0 aliphatic heterocycles. The average molecular weight is 957 g/mol. The van der Waals surface area contributed by atoms with Crippen molar-refractivity contribution in [1.29, 1.82) is 0 Å². The lowest BCUT2D eigenvalue weighted by atomic mass is 10.0. The molecule has 0 aromatic heterocycles. The highest BCUT2D eigenvalue weighted by Gasteiger charge is 2.33. The molecular formula is C58H56N2O11. The van der Waals surface area contributed by atoms with Gasteiger partial charge in [-0.15, -0.1) is 0 Å². The summed E-state index contributed by atoms with van der Waals surface area (Å²) in [5.74, 6) is -4.28.